The van der Waals surface area contributed by atoms with E-state index in [0.29, 0.717) is 5.92 Å². The Bertz CT molecular complexity index is 257. The topological polar surface area (TPSA) is 49.6 Å². The Labute approximate surface area is 117 Å². The van der Waals surface area contributed by atoms with Gasteiger partial charge in [-0.15, -0.1) is 12.4 Å². The van der Waals surface area contributed by atoms with Gasteiger partial charge < -0.3 is 10.6 Å². The van der Waals surface area contributed by atoms with E-state index in [1.165, 1.54) is 0 Å². The molecule has 0 bridgehead atoms. The lowest BCUT2D eigenvalue weighted by Gasteiger charge is -2.29. The minimum absolute atomic E-state index is 0. The lowest BCUT2D eigenvalue weighted by atomic mass is 10.0. The van der Waals surface area contributed by atoms with E-state index in [1.54, 1.807) is 0 Å². The van der Waals surface area contributed by atoms with Gasteiger partial charge in [0.15, 0.2) is 0 Å². The van der Waals surface area contributed by atoms with Gasteiger partial charge in [-0.25, -0.2) is 0 Å². The lowest BCUT2D eigenvalue weighted by Crippen LogP contribution is -2.46. The van der Waals surface area contributed by atoms with Crippen LogP contribution in [0.2, 0.25) is 0 Å². The molecule has 108 valence electrons. The van der Waals surface area contributed by atoms with Crippen LogP contribution in [0.5, 0.6) is 0 Å². The fourth-order valence-corrected chi connectivity index (χ4v) is 2.55. The Morgan fingerprint density at radius 1 is 1.39 bits per heavy atom. The highest BCUT2D eigenvalue weighted by Gasteiger charge is 2.32. The minimum Gasteiger partial charge on any atom is -0.342 e. The molecule has 0 spiro atoms. The summed E-state index contributed by atoms with van der Waals surface area (Å²) in [5.41, 5.74) is 5.93. The standard InChI is InChI=1S/C13H27N3O.ClH/c1-5-15(6-2)13(17)11(4)16-8-7-12(9-16)10(3)14;/h10-12H,5-9,14H2,1-4H3;1H. The van der Waals surface area contributed by atoms with Crippen LogP contribution < -0.4 is 5.73 Å². The van der Waals surface area contributed by atoms with Crippen LogP contribution in [0.1, 0.15) is 34.1 Å². The third-order valence-electron chi connectivity index (χ3n) is 3.98. The van der Waals surface area contributed by atoms with Crippen LogP contribution in [0.15, 0.2) is 0 Å². The van der Waals surface area contributed by atoms with Crippen LogP contribution in [0.4, 0.5) is 0 Å². The second kappa shape index (κ2) is 7.97. The molecule has 0 radical (unpaired) electrons. The molecule has 0 aromatic heterocycles. The molecule has 3 unspecified atom stereocenters. The Morgan fingerprint density at radius 3 is 2.33 bits per heavy atom. The first kappa shape index (κ1) is 17.7. The van der Waals surface area contributed by atoms with Crippen molar-refractivity contribution >= 4 is 18.3 Å². The number of rotatable bonds is 5. The van der Waals surface area contributed by atoms with Gasteiger partial charge in [-0.1, -0.05) is 0 Å². The molecule has 1 rings (SSSR count). The Balaban J connectivity index is 0.00000289. The molecule has 2 N–H and O–H groups in total. The van der Waals surface area contributed by atoms with Crippen molar-refractivity contribution in [3.05, 3.63) is 0 Å². The van der Waals surface area contributed by atoms with Gasteiger partial charge in [0.25, 0.3) is 0 Å². The number of nitrogens with zero attached hydrogens (tertiary/aromatic N) is 2. The summed E-state index contributed by atoms with van der Waals surface area (Å²) in [7, 11) is 0. The maximum Gasteiger partial charge on any atom is 0.239 e. The summed E-state index contributed by atoms with van der Waals surface area (Å²) in [5, 5.41) is 0. The molecule has 0 aliphatic carbocycles. The number of hydrogen-bond donors (Lipinski definition) is 1. The SMILES string of the molecule is CCN(CC)C(=O)C(C)N1CCC(C(C)N)C1.Cl. The van der Waals surface area contributed by atoms with E-state index in [2.05, 4.69) is 11.8 Å². The molecule has 1 amide bonds. The highest BCUT2D eigenvalue weighted by Crippen LogP contribution is 2.21. The maximum atomic E-state index is 12.2. The zero-order valence-corrected chi connectivity index (χ0v) is 12.9. The average Bonchev–Trinajstić information content (AvgIpc) is 2.78. The van der Waals surface area contributed by atoms with Crippen molar-refractivity contribution in [2.24, 2.45) is 11.7 Å². The van der Waals surface area contributed by atoms with Crippen LogP contribution in [0.3, 0.4) is 0 Å². The number of likely N-dealkylation sites (N-methyl/N-ethyl adjacent to an activating group) is 1. The van der Waals surface area contributed by atoms with Gasteiger partial charge in [0, 0.05) is 25.7 Å². The number of likely N-dealkylation sites (tertiary alicyclic amines) is 1. The summed E-state index contributed by atoms with van der Waals surface area (Å²) in [6.07, 6.45) is 1.12. The Kier molecular flexibility index (Phi) is 7.83. The average molecular weight is 278 g/mol. The summed E-state index contributed by atoms with van der Waals surface area (Å²) in [5.74, 6) is 0.794. The van der Waals surface area contributed by atoms with Crippen molar-refractivity contribution in [3.8, 4) is 0 Å². The Morgan fingerprint density at radius 2 is 1.94 bits per heavy atom. The molecular formula is C13H28ClN3O. The first-order valence-corrected chi connectivity index (χ1v) is 6.79. The molecule has 0 saturated carbocycles. The lowest BCUT2D eigenvalue weighted by molar-refractivity contribution is -0.135. The van der Waals surface area contributed by atoms with E-state index in [4.69, 9.17) is 5.73 Å². The summed E-state index contributed by atoms with van der Waals surface area (Å²) in [6, 6.07) is 0.231. The van der Waals surface area contributed by atoms with Crippen LogP contribution in [0, 0.1) is 5.92 Å². The van der Waals surface area contributed by atoms with Crippen molar-refractivity contribution in [1.82, 2.24) is 9.80 Å². The number of amides is 1. The number of halogens is 1. The molecule has 1 fully saturated rings. The second-order valence-electron chi connectivity index (χ2n) is 5.09. The van der Waals surface area contributed by atoms with Crippen LogP contribution in [-0.4, -0.2) is 54.0 Å². The first-order valence-electron chi connectivity index (χ1n) is 6.79. The predicted molar refractivity (Wildman–Crippen MR) is 78.0 cm³/mol. The van der Waals surface area contributed by atoms with E-state index in [-0.39, 0.29) is 30.4 Å². The number of hydrogen-bond acceptors (Lipinski definition) is 3. The maximum absolute atomic E-state index is 12.2. The second-order valence-corrected chi connectivity index (χ2v) is 5.09. The van der Waals surface area contributed by atoms with Crippen molar-refractivity contribution in [3.63, 3.8) is 0 Å². The molecule has 1 aliphatic rings. The van der Waals surface area contributed by atoms with E-state index in [0.717, 1.165) is 32.6 Å². The molecular weight excluding hydrogens is 250 g/mol. The number of carbonyl (C=O) groups is 1. The smallest absolute Gasteiger partial charge is 0.239 e. The highest BCUT2D eigenvalue weighted by molar-refractivity contribution is 5.85. The normalized spacial score (nSPS) is 23.3. The minimum atomic E-state index is -0.00125. The molecule has 1 aliphatic heterocycles. The van der Waals surface area contributed by atoms with Gasteiger partial charge >= 0.3 is 0 Å². The fourth-order valence-electron chi connectivity index (χ4n) is 2.55. The molecule has 4 nitrogen and oxygen atoms in total. The summed E-state index contributed by atoms with van der Waals surface area (Å²) < 4.78 is 0. The summed E-state index contributed by atoms with van der Waals surface area (Å²) in [6.45, 7) is 11.7. The molecule has 1 saturated heterocycles. The third-order valence-corrected chi connectivity index (χ3v) is 3.98. The van der Waals surface area contributed by atoms with Crippen molar-refractivity contribution < 1.29 is 4.79 Å². The molecule has 1 heterocycles. The quantitative estimate of drug-likeness (QED) is 0.825. The van der Waals surface area contributed by atoms with Gasteiger partial charge in [0.2, 0.25) is 5.91 Å². The molecule has 0 aromatic carbocycles. The van der Waals surface area contributed by atoms with Crippen molar-refractivity contribution in [2.45, 2.75) is 46.2 Å². The zero-order valence-electron chi connectivity index (χ0n) is 12.1. The van der Waals surface area contributed by atoms with Gasteiger partial charge in [-0.3, -0.25) is 9.69 Å². The van der Waals surface area contributed by atoms with E-state index in [1.807, 2.05) is 25.7 Å². The molecule has 18 heavy (non-hydrogen) atoms. The molecule has 3 atom stereocenters. The highest BCUT2D eigenvalue weighted by atomic mass is 35.5. The Hall–Kier alpha value is -0.320. The summed E-state index contributed by atoms with van der Waals surface area (Å²) >= 11 is 0. The molecule has 5 heteroatoms. The van der Waals surface area contributed by atoms with Gasteiger partial charge in [0.1, 0.15) is 0 Å². The van der Waals surface area contributed by atoms with Gasteiger partial charge in [0.05, 0.1) is 6.04 Å². The van der Waals surface area contributed by atoms with Crippen molar-refractivity contribution in [1.29, 1.82) is 0 Å². The van der Waals surface area contributed by atoms with E-state index >= 15 is 0 Å². The molecule has 0 aromatic rings. The first-order chi connectivity index (χ1) is 8.01. The fraction of sp³-hybridized carbons (Fsp3) is 0.923. The zero-order chi connectivity index (χ0) is 13.0. The van der Waals surface area contributed by atoms with E-state index < -0.39 is 0 Å². The number of nitrogens with two attached hydrogens (primary N) is 1. The van der Waals surface area contributed by atoms with Crippen LogP contribution >= 0.6 is 12.4 Å². The predicted octanol–water partition coefficient (Wildman–Crippen LogP) is 1.33. The van der Waals surface area contributed by atoms with Crippen LogP contribution in [-0.2, 0) is 4.79 Å². The van der Waals surface area contributed by atoms with E-state index in [9.17, 15) is 4.79 Å². The third kappa shape index (κ3) is 4.11. The monoisotopic (exact) mass is 277 g/mol. The van der Waals surface area contributed by atoms with Crippen molar-refractivity contribution in [2.75, 3.05) is 26.2 Å². The van der Waals surface area contributed by atoms with Crippen LogP contribution in [0.25, 0.3) is 0 Å². The summed E-state index contributed by atoms with van der Waals surface area (Å²) in [4.78, 5) is 16.4. The van der Waals surface area contributed by atoms with Gasteiger partial charge in [-0.2, -0.15) is 0 Å². The number of carbonyl (C=O) groups excluding carboxylic acids is 1. The van der Waals surface area contributed by atoms with Gasteiger partial charge in [-0.05, 0) is 46.6 Å². The largest absolute Gasteiger partial charge is 0.342 e.